The highest BCUT2D eigenvalue weighted by atomic mass is 16.5. The summed E-state index contributed by atoms with van der Waals surface area (Å²) in [7, 11) is 1.41. The lowest BCUT2D eigenvalue weighted by atomic mass is 9.82. The molecule has 0 radical (unpaired) electrons. The Balaban J connectivity index is 2.33. The van der Waals surface area contributed by atoms with Gasteiger partial charge < -0.3 is 14.9 Å². The molecule has 22 heavy (non-hydrogen) atoms. The maximum Gasteiger partial charge on any atom is 0.201 e. The Labute approximate surface area is 126 Å². The van der Waals surface area contributed by atoms with Crippen molar-refractivity contribution < 1.29 is 24.5 Å². The van der Waals surface area contributed by atoms with Crippen LogP contribution >= 0.6 is 0 Å². The van der Waals surface area contributed by atoms with E-state index in [2.05, 4.69) is 0 Å². The number of phenols is 1. The number of rotatable bonds is 2. The summed E-state index contributed by atoms with van der Waals surface area (Å²) < 4.78 is 5.16. The number of carbonyl (C=O) groups excluding carboxylic acids is 2. The number of aromatic hydroxyl groups is 1. The number of phenolic OH excluding ortho intramolecular Hbond substituents is 1. The Bertz CT molecular complexity index is 805. The highest BCUT2D eigenvalue weighted by Gasteiger charge is 2.35. The molecule has 5 heteroatoms. The molecule has 2 N–H and O–H groups in total. The first-order valence-corrected chi connectivity index (χ1v) is 6.77. The molecule has 5 nitrogen and oxygen atoms in total. The third kappa shape index (κ3) is 1.83. The monoisotopic (exact) mass is 298 g/mol. The fraction of sp³-hybridized carbons (Fsp3) is 0.176. The van der Waals surface area contributed by atoms with Crippen molar-refractivity contribution in [3.8, 4) is 11.5 Å². The number of aliphatic hydroxyl groups excluding tert-OH is 1. The van der Waals surface area contributed by atoms with Crippen LogP contribution in [0.15, 0.2) is 30.3 Å². The van der Waals surface area contributed by atoms with Gasteiger partial charge in [0, 0.05) is 16.7 Å². The fourth-order valence-electron chi connectivity index (χ4n) is 2.76. The zero-order valence-electron chi connectivity index (χ0n) is 12.1. The van der Waals surface area contributed by atoms with Crippen molar-refractivity contribution in [1.29, 1.82) is 0 Å². The molecule has 0 amide bonds. The number of ether oxygens (including phenoxy) is 1. The first-order chi connectivity index (χ1) is 10.5. The number of hydrogen-bond acceptors (Lipinski definition) is 5. The zero-order valence-corrected chi connectivity index (χ0v) is 12.1. The predicted octanol–water partition coefficient (Wildman–Crippen LogP) is 2.23. The number of methoxy groups -OCH3 is 1. The van der Waals surface area contributed by atoms with Gasteiger partial charge in [0.15, 0.2) is 5.78 Å². The quantitative estimate of drug-likeness (QED) is 0.758. The lowest BCUT2D eigenvalue weighted by molar-refractivity contribution is 0.0973. The molecule has 1 unspecified atom stereocenters. The summed E-state index contributed by atoms with van der Waals surface area (Å²) in [6.45, 7) is 1.48. The number of ketones is 2. The molecule has 0 bridgehead atoms. The molecule has 1 aliphatic carbocycles. The molecule has 112 valence electrons. The molecule has 1 aliphatic rings. The maximum absolute atomic E-state index is 12.8. The minimum Gasteiger partial charge on any atom is -0.507 e. The van der Waals surface area contributed by atoms with Crippen LogP contribution in [0.3, 0.4) is 0 Å². The minimum absolute atomic E-state index is 0.0830. The summed E-state index contributed by atoms with van der Waals surface area (Å²) in [6, 6.07) is 7.69. The molecule has 0 aromatic heterocycles. The normalized spacial score (nSPS) is 14.3. The molecule has 0 fully saturated rings. The highest BCUT2D eigenvalue weighted by Crippen LogP contribution is 2.39. The molecule has 2 aromatic carbocycles. The van der Waals surface area contributed by atoms with Crippen molar-refractivity contribution in [2.75, 3.05) is 7.11 Å². The molecule has 3 rings (SSSR count). The number of fused-ring (bicyclic) bond motifs is 2. The predicted molar refractivity (Wildman–Crippen MR) is 78.6 cm³/mol. The van der Waals surface area contributed by atoms with Crippen LogP contribution in [0.25, 0.3) is 0 Å². The van der Waals surface area contributed by atoms with E-state index in [4.69, 9.17) is 4.74 Å². The van der Waals surface area contributed by atoms with E-state index in [-0.39, 0.29) is 45.1 Å². The van der Waals surface area contributed by atoms with E-state index in [9.17, 15) is 19.8 Å². The summed E-state index contributed by atoms with van der Waals surface area (Å²) in [4.78, 5) is 25.3. The van der Waals surface area contributed by atoms with Crippen LogP contribution < -0.4 is 4.74 Å². The minimum atomic E-state index is -0.952. The van der Waals surface area contributed by atoms with E-state index in [0.29, 0.717) is 0 Å². The molecule has 1 atom stereocenters. The van der Waals surface area contributed by atoms with Gasteiger partial charge in [0.2, 0.25) is 5.78 Å². The van der Waals surface area contributed by atoms with Crippen molar-refractivity contribution in [2.24, 2.45) is 0 Å². The molecule has 0 heterocycles. The standard InChI is InChI=1S/C17H14O5/c1-8(18)9-6-7-11-14(16(9)20)17(21)13-10(15(11)19)4-3-5-12(13)22-2/h3-8,18,20H,1-2H3. The second-order valence-corrected chi connectivity index (χ2v) is 5.14. The third-order valence-corrected chi connectivity index (χ3v) is 3.85. The topological polar surface area (TPSA) is 83.8 Å². The fourth-order valence-corrected chi connectivity index (χ4v) is 2.76. The SMILES string of the molecule is COc1cccc2c1C(=O)c1c(ccc(C(C)O)c1O)C2=O. The van der Waals surface area contributed by atoms with Gasteiger partial charge >= 0.3 is 0 Å². The Hall–Kier alpha value is -2.66. The molecular weight excluding hydrogens is 284 g/mol. The van der Waals surface area contributed by atoms with Crippen LogP contribution in [-0.4, -0.2) is 28.9 Å². The average Bonchev–Trinajstić information content (AvgIpc) is 2.51. The number of hydrogen-bond donors (Lipinski definition) is 2. The Morgan fingerprint density at radius 3 is 2.32 bits per heavy atom. The molecule has 2 aromatic rings. The molecule has 0 saturated carbocycles. The first kappa shape index (κ1) is 14.3. The molecule has 0 saturated heterocycles. The van der Waals surface area contributed by atoms with Crippen LogP contribution in [0.4, 0.5) is 0 Å². The van der Waals surface area contributed by atoms with Gasteiger partial charge in [-0.05, 0) is 19.1 Å². The van der Waals surface area contributed by atoms with E-state index in [0.717, 1.165) is 0 Å². The summed E-state index contributed by atoms with van der Waals surface area (Å²) in [5.74, 6) is -0.913. The Kier molecular flexibility index (Phi) is 3.22. The number of benzene rings is 2. The second kappa shape index (κ2) is 4.96. The van der Waals surface area contributed by atoms with Gasteiger partial charge in [-0.3, -0.25) is 9.59 Å². The van der Waals surface area contributed by atoms with Gasteiger partial charge in [-0.1, -0.05) is 18.2 Å². The van der Waals surface area contributed by atoms with Crippen LogP contribution in [0.1, 0.15) is 50.4 Å². The van der Waals surface area contributed by atoms with E-state index in [1.807, 2.05) is 0 Å². The summed E-state index contributed by atoms with van der Waals surface area (Å²) in [5, 5.41) is 20.0. The van der Waals surface area contributed by atoms with Crippen molar-refractivity contribution in [1.82, 2.24) is 0 Å². The van der Waals surface area contributed by atoms with Crippen LogP contribution in [-0.2, 0) is 0 Å². The smallest absolute Gasteiger partial charge is 0.201 e. The largest absolute Gasteiger partial charge is 0.507 e. The third-order valence-electron chi connectivity index (χ3n) is 3.85. The van der Waals surface area contributed by atoms with Gasteiger partial charge in [0.1, 0.15) is 11.5 Å². The summed E-state index contributed by atoms with van der Waals surface area (Å²) >= 11 is 0. The lowest BCUT2D eigenvalue weighted by Crippen LogP contribution is -2.22. The maximum atomic E-state index is 12.8. The van der Waals surface area contributed by atoms with Gasteiger partial charge in [-0.2, -0.15) is 0 Å². The van der Waals surface area contributed by atoms with Crippen LogP contribution in [0.5, 0.6) is 11.5 Å². The molecule has 0 aliphatic heterocycles. The molecular formula is C17H14O5. The highest BCUT2D eigenvalue weighted by molar-refractivity contribution is 6.30. The van der Waals surface area contributed by atoms with E-state index in [1.165, 1.54) is 26.2 Å². The second-order valence-electron chi connectivity index (χ2n) is 5.14. The van der Waals surface area contributed by atoms with Crippen molar-refractivity contribution >= 4 is 11.6 Å². The van der Waals surface area contributed by atoms with Gasteiger partial charge in [0.05, 0.1) is 24.3 Å². The molecule has 0 spiro atoms. The van der Waals surface area contributed by atoms with Gasteiger partial charge in [-0.25, -0.2) is 0 Å². The van der Waals surface area contributed by atoms with E-state index < -0.39 is 11.9 Å². The summed E-state index contributed by atoms with van der Waals surface area (Å²) in [6.07, 6.45) is -0.952. The van der Waals surface area contributed by atoms with Crippen LogP contribution in [0.2, 0.25) is 0 Å². The summed E-state index contributed by atoms with van der Waals surface area (Å²) in [5.41, 5.74) is 0.646. The lowest BCUT2D eigenvalue weighted by Gasteiger charge is -2.22. The first-order valence-electron chi connectivity index (χ1n) is 6.77. The Morgan fingerprint density at radius 1 is 1.00 bits per heavy atom. The van der Waals surface area contributed by atoms with Crippen LogP contribution in [0, 0.1) is 0 Å². The van der Waals surface area contributed by atoms with Crippen molar-refractivity contribution in [2.45, 2.75) is 13.0 Å². The van der Waals surface area contributed by atoms with Gasteiger partial charge in [0.25, 0.3) is 0 Å². The van der Waals surface area contributed by atoms with E-state index in [1.54, 1.807) is 18.2 Å². The van der Waals surface area contributed by atoms with Crippen molar-refractivity contribution in [3.05, 3.63) is 58.1 Å². The van der Waals surface area contributed by atoms with Gasteiger partial charge in [-0.15, -0.1) is 0 Å². The average molecular weight is 298 g/mol. The Morgan fingerprint density at radius 2 is 1.68 bits per heavy atom. The van der Waals surface area contributed by atoms with Crippen molar-refractivity contribution in [3.63, 3.8) is 0 Å². The number of aliphatic hydroxyl groups is 1. The zero-order chi connectivity index (χ0) is 16.0. The number of carbonyl (C=O) groups is 2. The van der Waals surface area contributed by atoms with E-state index >= 15 is 0 Å².